The maximum Gasteiger partial charge on any atom is 0.278 e. The first-order chi connectivity index (χ1) is 16.1. The molecule has 0 bridgehead atoms. The van der Waals surface area contributed by atoms with E-state index in [-0.39, 0.29) is 18.4 Å². The maximum absolute atomic E-state index is 13.4. The highest BCUT2D eigenvalue weighted by Gasteiger charge is 2.39. The Bertz CT molecular complexity index is 1200. The molecule has 0 radical (unpaired) electrons. The molecule has 0 saturated carbocycles. The van der Waals surface area contributed by atoms with Crippen LogP contribution in [0.15, 0.2) is 78.6 Å². The lowest BCUT2D eigenvalue weighted by molar-refractivity contribution is -0.137. The Labute approximate surface area is 193 Å². The van der Waals surface area contributed by atoms with Crippen LogP contribution in [0, 0.1) is 6.92 Å². The molecule has 6 heteroatoms. The van der Waals surface area contributed by atoms with E-state index in [0.717, 1.165) is 29.9 Å². The third kappa shape index (κ3) is 4.24. The van der Waals surface area contributed by atoms with Crippen molar-refractivity contribution in [2.45, 2.75) is 26.3 Å². The fourth-order valence-corrected chi connectivity index (χ4v) is 4.35. The van der Waals surface area contributed by atoms with Gasteiger partial charge in [-0.3, -0.25) is 19.5 Å². The fourth-order valence-electron chi connectivity index (χ4n) is 4.35. The summed E-state index contributed by atoms with van der Waals surface area (Å²) in [6.45, 7) is 4.27. The minimum Gasteiger partial charge on any atom is -0.372 e. The molecule has 1 fully saturated rings. The highest BCUT2D eigenvalue weighted by Crippen LogP contribution is 2.32. The molecule has 3 aromatic rings. The maximum atomic E-state index is 13.4. The van der Waals surface area contributed by atoms with Crippen molar-refractivity contribution in [1.82, 2.24) is 9.88 Å². The number of aromatic nitrogens is 1. The second-order valence-electron chi connectivity index (χ2n) is 8.50. The summed E-state index contributed by atoms with van der Waals surface area (Å²) in [6, 6.07) is 21.2. The van der Waals surface area contributed by atoms with Gasteiger partial charge in [-0.05, 0) is 61.7 Å². The van der Waals surface area contributed by atoms with Crippen molar-refractivity contribution in [2.75, 3.05) is 23.3 Å². The number of hydrogen-bond acceptors (Lipinski definition) is 5. The molecule has 3 heterocycles. The molecule has 0 aliphatic carbocycles. The van der Waals surface area contributed by atoms with Crippen LogP contribution < -0.4 is 10.2 Å². The Hall–Kier alpha value is -3.93. The number of carbonyl (C=O) groups is 2. The summed E-state index contributed by atoms with van der Waals surface area (Å²) in [5, 5.41) is 3.25. The zero-order chi connectivity index (χ0) is 22.8. The molecular formula is C27H26N4O2. The molecule has 1 N–H and O–H groups in total. The van der Waals surface area contributed by atoms with E-state index < -0.39 is 0 Å². The predicted molar refractivity (Wildman–Crippen MR) is 129 cm³/mol. The monoisotopic (exact) mass is 438 g/mol. The smallest absolute Gasteiger partial charge is 0.278 e. The van der Waals surface area contributed by atoms with Gasteiger partial charge in [0.2, 0.25) is 0 Å². The van der Waals surface area contributed by atoms with Gasteiger partial charge in [-0.2, -0.15) is 0 Å². The highest BCUT2D eigenvalue weighted by atomic mass is 16.2. The van der Waals surface area contributed by atoms with E-state index >= 15 is 0 Å². The van der Waals surface area contributed by atoms with Crippen LogP contribution in [0.2, 0.25) is 0 Å². The topological polar surface area (TPSA) is 65.5 Å². The van der Waals surface area contributed by atoms with Gasteiger partial charge in [0.25, 0.3) is 11.8 Å². The number of nitrogens with one attached hydrogen (secondary N) is 1. The Kier molecular flexibility index (Phi) is 5.65. The average molecular weight is 439 g/mol. The number of carbonyl (C=O) groups excluding carboxylic acids is 2. The summed E-state index contributed by atoms with van der Waals surface area (Å²) in [5.41, 5.74) is 5.12. The molecule has 2 aliphatic rings. The average Bonchev–Trinajstić information content (AvgIpc) is 3.45. The van der Waals surface area contributed by atoms with Crippen molar-refractivity contribution in [1.29, 1.82) is 0 Å². The van der Waals surface area contributed by atoms with Gasteiger partial charge < -0.3 is 10.2 Å². The molecule has 5 rings (SSSR count). The number of pyridine rings is 1. The number of imide groups is 1. The van der Waals surface area contributed by atoms with E-state index in [4.69, 9.17) is 0 Å². The zero-order valence-corrected chi connectivity index (χ0v) is 18.6. The van der Waals surface area contributed by atoms with Crippen LogP contribution in [0.1, 0.15) is 29.7 Å². The van der Waals surface area contributed by atoms with Crippen LogP contribution in [0.5, 0.6) is 0 Å². The molecule has 33 heavy (non-hydrogen) atoms. The number of amides is 2. The van der Waals surface area contributed by atoms with Gasteiger partial charge in [-0.25, -0.2) is 0 Å². The molecule has 1 aromatic heterocycles. The molecular weight excluding hydrogens is 412 g/mol. The first kappa shape index (κ1) is 20.9. The molecule has 0 spiro atoms. The van der Waals surface area contributed by atoms with Crippen LogP contribution >= 0.6 is 0 Å². The Morgan fingerprint density at radius 3 is 2.27 bits per heavy atom. The lowest BCUT2D eigenvalue weighted by Gasteiger charge is -2.18. The molecule has 166 valence electrons. The number of aryl methyl sites for hydroxylation is 1. The standard InChI is InChI=1S/C27H26N4O2/c1-19-7-9-20(10-8-19)24-25(27(33)31(26(24)32)18-22-6-2-3-15-28-22)29-21-11-13-23(14-12-21)30-16-4-5-17-30/h2-3,6-15,29H,4-5,16-18H2,1H3. The van der Waals surface area contributed by atoms with Gasteiger partial charge in [-0.15, -0.1) is 0 Å². The first-order valence-electron chi connectivity index (χ1n) is 11.3. The first-order valence-corrected chi connectivity index (χ1v) is 11.3. The number of rotatable bonds is 6. The molecule has 0 unspecified atom stereocenters. The third-order valence-electron chi connectivity index (χ3n) is 6.16. The van der Waals surface area contributed by atoms with E-state index in [1.807, 2.05) is 61.5 Å². The molecule has 6 nitrogen and oxygen atoms in total. The van der Waals surface area contributed by atoms with Gasteiger partial charge >= 0.3 is 0 Å². The van der Waals surface area contributed by atoms with Gasteiger partial charge in [0.15, 0.2) is 0 Å². The van der Waals surface area contributed by atoms with Crippen molar-refractivity contribution in [3.8, 4) is 0 Å². The van der Waals surface area contributed by atoms with Gasteiger partial charge in [0.05, 0.1) is 17.8 Å². The van der Waals surface area contributed by atoms with E-state index in [2.05, 4.69) is 27.3 Å². The number of nitrogens with zero attached hydrogens (tertiary/aromatic N) is 3. The van der Waals surface area contributed by atoms with Crippen LogP contribution in [0.25, 0.3) is 5.57 Å². The second-order valence-corrected chi connectivity index (χ2v) is 8.50. The molecule has 1 saturated heterocycles. The summed E-state index contributed by atoms with van der Waals surface area (Å²) < 4.78 is 0. The number of benzene rings is 2. The Balaban J connectivity index is 1.47. The van der Waals surface area contributed by atoms with E-state index in [9.17, 15) is 9.59 Å². The minimum atomic E-state index is -0.343. The quantitative estimate of drug-likeness (QED) is 0.579. The molecule has 2 aliphatic heterocycles. The lowest BCUT2D eigenvalue weighted by atomic mass is 10.0. The van der Waals surface area contributed by atoms with Crippen LogP contribution in [0.3, 0.4) is 0 Å². The zero-order valence-electron chi connectivity index (χ0n) is 18.6. The van der Waals surface area contributed by atoms with Crippen LogP contribution in [0.4, 0.5) is 11.4 Å². The van der Waals surface area contributed by atoms with Crippen molar-refractivity contribution < 1.29 is 9.59 Å². The predicted octanol–water partition coefficient (Wildman–Crippen LogP) is 4.38. The second kappa shape index (κ2) is 8.90. The number of hydrogen-bond donors (Lipinski definition) is 1. The lowest BCUT2D eigenvalue weighted by Crippen LogP contribution is -2.32. The van der Waals surface area contributed by atoms with E-state index in [1.165, 1.54) is 23.4 Å². The Morgan fingerprint density at radius 1 is 0.879 bits per heavy atom. The summed E-state index contributed by atoms with van der Waals surface area (Å²) in [7, 11) is 0. The number of anilines is 2. The third-order valence-corrected chi connectivity index (χ3v) is 6.16. The molecule has 2 aromatic carbocycles. The van der Waals surface area contributed by atoms with Crippen molar-refractivity contribution in [2.24, 2.45) is 0 Å². The largest absolute Gasteiger partial charge is 0.372 e. The fraction of sp³-hybridized carbons (Fsp3) is 0.222. The van der Waals surface area contributed by atoms with Gasteiger partial charge in [0.1, 0.15) is 5.70 Å². The molecule has 0 atom stereocenters. The summed E-state index contributed by atoms with van der Waals surface area (Å²) in [4.78, 5) is 34.7. The summed E-state index contributed by atoms with van der Waals surface area (Å²) in [5.74, 6) is -0.657. The van der Waals surface area contributed by atoms with Gasteiger partial charge in [0, 0.05) is 30.7 Å². The van der Waals surface area contributed by atoms with Crippen molar-refractivity contribution >= 4 is 28.8 Å². The molecule has 2 amide bonds. The van der Waals surface area contributed by atoms with Crippen molar-refractivity contribution in [3.05, 3.63) is 95.4 Å². The van der Waals surface area contributed by atoms with Crippen molar-refractivity contribution in [3.63, 3.8) is 0 Å². The highest BCUT2D eigenvalue weighted by molar-refractivity contribution is 6.36. The van der Waals surface area contributed by atoms with Crippen LogP contribution in [-0.2, 0) is 16.1 Å². The van der Waals surface area contributed by atoms with Crippen LogP contribution in [-0.4, -0.2) is 34.8 Å². The van der Waals surface area contributed by atoms with E-state index in [0.29, 0.717) is 17.0 Å². The SMILES string of the molecule is Cc1ccc(C2=C(Nc3ccc(N4CCCC4)cc3)C(=O)N(Cc3ccccn3)C2=O)cc1. The Morgan fingerprint density at radius 2 is 1.61 bits per heavy atom. The normalized spacial score (nSPS) is 16.2. The summed E-state index contributed by atoms with van der Waals surface area (Å²) >= 11 is 0. The summed E-state index contributed by atoms with van der Waals surface area (Å²) in [6.07, 6.45) is 4.10. The minimum absolute atomic E-state index is 0.132. The van der Waals surface area contributed by atoms with Gasteiger partial charge in [-0.1, -0.05) is 35.9 Å². The van der Waals surface area contributed by atoms with E-state index in [1.54, 1.807) is 6.20 Å².